The summed E-state index contributed by atoms with van der Waals surface area (Å²) in [4.78, 5) is 15.3. The minimum atomic E-state index is -0.00734. The Morgan fingerprint density at radius 1 is 1.03 bits per heavy atom. The molecular formula is C26H32BrN3O2. The second-order valence-electron chi connectivity index (χ2n) is 8.84. The minimum Gasteiger partial charge on any atom is -0.494 e. The zero-order chi connectivity index (χ0) is 22.7. The molecular weight excluding hydrogens is 466 g/mol. The third-order valence-corrected chi connectivity index (χ3v) is 7.48. The van der Waals surface area contributed by atoms with Crippen LogP contribution in [0.4, 0.5) is 0 Å². The number of likely N-dealkylation sites (tertiary alicyclic amines) is 1. The SMILES string of the molecule is Cc1ccc(OCCC2CCN(Cc3c(Br)c(=O)n(-c4ccccc4)n3C)CC2)cc1C. The van der Waals surface area contributed by atoms with E-state index in [2.05, 4.69) is 52.9 Å². The van der Waals surface area contributed by atoms with Crippen molar-refractivity contribution in [1.29, 1.82) is 0 Å². The molecule has 2 heterocycles. The van der Waals surface area contributed by atoms with Gasteiger partial charge in [-0.05, 0) is 103 Å². The second kappa shape index (κ2) is 10.1. The maximum absolute atomic E-state index is 12.8. The highest BCUT2D eigenvalue weighted by molar-refractivity contribution is 9.10. The van der Waals surface area contributed by atoms with Gasteiger partial charge in [0.1, 0.15) is 10.2 Å². The maximum Gasteiger partial charge on any atom is 0.286 e. The minimum absolute atomic E-state index is 0.00734. The number of benzene rings is 2. The van der Waals surface area contributed by atoms with Gasteiger partial charge >= 0.3 is 0 Å². The number of rotatable bonds is 7. The Hall–Kier alpha value is -2.31. The van der Waals surface area contributed by atoms with E-state index in [1.54, 1.807) is 4.68 Å². The smallest absolute Gasteiger partial charge is 0.286 e. The molecule has 1 aromatic heterocycles. The summed E-state index contributed by atoms with van der Waals surface area (Å²) < 4.78 is 10.4. The van der Waals surface area contributed by atoms with E-state index in [4.69, 9.17) is 4.74 Å². The summed E-state index contributed by atoms with van der Waals surface area (Å²) in [5, 5.41) is 0. The molecule has 4 rings (SSSR count). The van der Waals surface area contributed by atoms with Crippen LogP contribution in [0.1, 0.15) is 36.1 Å². The lowest BCUT2D eigenvalue weighted by Gasteiger charge is -2.32. The molecule has 0 atom stereocenters. The normalized spacial score (nSPS) is 15.2. The van der Waals surface area contributed by atoms with E-state index in [0.29, 0.717) is 10.4 Å². The zero-order valence-corrected chi connectivity index (χ0v) is 20.8. The first-order chi connectivity index (χ1) is 15.4. The molecule has 3 aromatic rings. The van der Waals surface area contributed by atoms with Crippen LogP contribution in [0, 0.1) is 19.8 Å². The van der Waals surface area contributed by atoms with Gasteiger partial charge in [0.15, 0.2) is 0 Å². The fourth-order valence-corrected chi connectivity index (χ4v) is 4.99. The van der Waals surface area contributed by atoms with E-state index in [9.17, 15) is 4.79 Å². The molecule has 0 bridgehead atoms. The Kier molecular flexibility index (Phi) is 7.21. The van der Waals surface area contributed by atoms with Crippen molar-refractivity contribution in [3.63, 3.8) is 0 Å². The first-order valence-corrected chi connectivity index (χ1v) is 12.2. The summed E-state index contributed by atoms with van der Waals surface area (Å²) in [5.74, 6) is 1.67. The van der Waals surface area contributed by atoms with E-state index >= 15 is 0 Å². The van der Waals surface area contributed by atoms with Crippen LogP contribution < -0.4 is 10.3 Å². The first kappa shape index (κ1) is 22.9. The van der Waals surface area contributed by atoms with Crippen molar-refractivity contribution in [3.8, 4) is 11.4 Å². The van der Waals surface area contributed by atoms with Crippen molar-refractivity contribution in [2.24, 2.45) is 13.0 Å². The molecule has 1 fully saturated rings. The van der Waals surface area contributed by atoms with E-state index in [1.807, 2.05) is 42.1 Å². The fraction of sp³-hybridized carbons (Fsp3) is 0.423. The van der Waals surface area contributed by atoms with Crippen LogP contribution in [0.15, 0.2) is 57.8 Å². The second-order valence-corrected chi connectivity index (χ2v) is 9.63. The van der Waals surface area contributed by atoms with Crippen LogP contribution in [-0.2, 0) is 13.6 Å². The van der Waals surface area contributed by atoms with Gasteiger partial charge in [0, 0.05) is 13.6 Å². The van der Waals surface area contributed by atoms with E-state index < -0.39 is 0 Å². The van der Waals surface area contributed by atoms with Crippen LogP contribution >= 0.6 is 15.9 Å². The number of aromatic nitrogens is 2. The molecule has 0 N–H and O–H groups in total. The zero-order valence-electron chi connectivity index (χ0n) is 19.2. The number of aryl methyl sites for hydroxylation is 2. The Morgan fingerprint density at radius 2 is 1.75 bits per heavy atom. The largest absolute Gasteiger partial charge is 0.494 e. The van der Waals surface area contributed by atoms with Gasteiger partial charge in [-0.1, -0.05) is 24.3 Å². The summed E-state index contributed by atoms with van der Waals surface area (Å²) in [6.07, 6.45) is 3.43. The average molecular weight is 498 g/mol. The molecule has 0 aliphatic carbocycles. The van der Waals surface area contributed by atoms with E-state index in [0.717, 1.165) is 49.8 Å². The molecule has 0 radical (unpaired) electrons. The number of para-hydroxylation sites is 1. The van der Waals surface area contributed by atoms with Crippen LogP contribution in [0.3, 0.4) is 0 Å². The summed E-state index contributed by atoms with van der Waals surface area (Å²) in [6, 6.07) is 16.1. The molecule has 0 amide bonds. The lowest BCUT2D eigenvalue weighted by Crippen LogP contribution is -2.34. The Labute approximate surface area is 198 Å². The molecule has 1 aliphatic heterocycles. The lowest BCUT2D eigenvalue weighted by molar-refractivity contribution is 0.154. The van der Waals surface area contributed by atoms with E-state index in [1.165, 1.54) is 24.0 Å². The molecule has 0 spiro atoms. The standard InChI is InChI=1S/C26H32BrN3O2/c1-19-9-10-23(17-20(19)2)32-16-13-21-11-14-29(15-12-21)18-24-25(27)26(31)30(28(24)3)22-7-5-4-6-8-22/h4-10,17,21H,11-16,18H2,1-3H3. The fourth-order valence-electron chi connectivity index (χ4n) is 4.44. The Balaban J connectivity index is 1.31. The van der Waals surface area contributed by atoms with Gasteiger partial charge in [-0.25, -0.2) is 4.68 Å². The van der Waals surface area contributed by atoms with Gasteiger partial charge in [0.25, 0.3) is 5.56 Å². The molecule has 1 saturated heterocycles. The van der Waals surface area contributed by atoms with Crippen LogP contribution in [0.25, 0.3) is 5.69 Å². The predicted molar refractivity (Wildman–Crippen MR) is 133 cm³/mol. The van der Waals surface area contributed by atoms with Crippen LogP contribution in [0.5, 0.6) is 5.75 Å². The first-order valence-electron chi connectivity index (χ1n) is 11.4. The molecule has 2 aromatic carbocycles. The lowest BCUT2D eigenvalue weighted by atomic mass is 9.94. The van der Waals surface area contributed by atoms with Gasteiger partial charge in [0.05, 0.1) is 18.0 Å². The topological polar surface area (TPSA) is 39.4 Å². The Morgan fingerprint density at radius 3 is 2.44 bits per heavy atom. The average Bonchev–Trinajstić information content (AvgIpc) is 3.01. The van der Waals surface area contributed by atoms with Crippen molar-refractivity contribution in [3.05, 3.63) is 80.2 Å². The number of halogens is 1. The van der Waals surface area contributed by atoms with Crippen molar-refractivity contribution in [2.45, 2.75) is 39.7 Å². The van der Waals surface area contributed by atoms with Crippen molar-refractivity contribution in [2.75, 3.05) is 19.7 Å². The summed E-state index contributed by atoms with van der Waals surface area (Å²) in [6.45, 7) is 7.89. The Bertz CT molecular complexity index is 1110. The molecule has 6 heteroatoms. The summed E-state index contributed by atoms with van der Waals surface area (Å²) in [5.41, 5.74) is 4.47. The monoisotopic (exact) mass is 497 g/mol. The highest BCUT2D eigenvalue weighted by Gasteiger charge is 2.23. The summed E-state index contributed by atoms with van der Waals surface area (Å²) >= 11 is 3.56. The maximum atomic E-state index is 12.8. The van der Waals surface area contributed by atoms with Gasteiger partial charge in [-0.2, -0.15) is 0 Å². The number of hydrogen-bond acceptors (Lipinski definition) is 3. The van der Waals surface area contributed by atoms with Gasteiger partial charge < -0.3 is 4.74 Å². The summed E-state index contributed by atoms with van der Waals surface area (Å²) in [7, 11) is 1.96. The van der Waals surface area contributed by atoms with Crippen LogP contribution in [0.2, 0.25) is 0 Å². The molecule has 5 nitrogen and oxygen atoms in total. The third-order valence-electron chi connectivity index (χ3n) is 6.68. The quantitative estimate of drug-likeness (QED) is 0.448. The number of hydrogen-bond donors (Lipinski definition) is 0. The number of nitrogens with zero attached hydrogens (tertiary/aromatic N) is 3. The third kappa shape index (κ3) is 5.02. The highest BCUT2D eigenvalue weighted by Crippen LogP contribution is 2.25. The van der Waals surface area contributed by atoms with Crippen LogP contribution in [-0.4, -0.2) is 34.0 Å². The van der Waals surface area contributed by atoms with E-state index in [-0.39, 0.29) is 5.56 Å². The molecule has 0 unspecified atom stereocenters. The predicted octanol–water partition coefficient (Wildman–Crippen LogP) is 5.24. The van der Waals surface area contributed by atoms with Gasteiger partial charge in [-0.15, -0.1) is 0 Å². The van der Waals surface area contributed by atoms with Crippen molar-refractivity contribution < 1.29 is 4.74 Å². The molecule has 1 aliphatic rings. The number of ether oxygens (including phenoxy) is 1. The van der Waals surface area contributed by atoms with Gasteiger partial charge in [0.2, 0.25) is 0 Å². The molecule has 32 heavy (non-hydrogen) atoms. The van der Waals surface area contributed by atoms with Crippen molar-refractivity contribution >= 4 is 15.9 Å². The molecule has 0 saturated carbocycles. The molecule has 170 valence electrons. The van der Waals surface area contributed by atoms with Crippen molar-refractivity contribution in [1.82, 2.24) is 14.3 Å². The number of piperidine rings is 1. The van der Waals surface area contributed by atoms with Gasteiger partial charge in [-0.3, -0.25) is 14.4 Å². The highest BCUT2D eigenvalue weighted by atomic mass is 79.9.